The average Bonchev–Trinajstić information content (AvgIpc) is 2.89. The number of hydrogen-bond acceptors (Lipinski definition) is 4. The summed E-state index contributed by atoms with van der Waals surface area (Å²) in [5.74, 6) is 0.251. The third-order valence-electron chi connectivity index (χ3n) is 4.54. The molecule has 0 spiro atoms. The lowest BCUT2D eigenvalue weighted by Crippen LogP contribution is -2.40. The van der Waals surface area contributed by atoms with E-state index in [4.69, 9.17) is 0 Å². The van der Waals surface area contributed by atoms with Crippen molar-refractivity contribution >= 4 is 0 Å². The quantitative estimate of drug-likeness (QED) is 0.857. The van der Waals surface area contributed by atoms with Crippen LogP contribution in [0.4, 0.5) is 13.2 Å². The van der Waals surface area contributed by atoms with E-state index in [1.54, 1.807) is 19.3 Å². The summed E-state index contributed by atoms with van der Waals surface area (Å²) in [7, 11) is 0. The maximum absolute atomic E-state index is 13.1. The fraction of sp³-hybridized carbons (Fsp3) is 0.471. The molecule has 4 nitrogen and oxygen atoms in total. The van der Waals surface area contributed by atoms with Crippen LogP contribution in [0.25, 0.3) is 0 Å². The predicted molar refractivity (Wildman–Crippen MR) is 83.0 cm³/mol. The predicted octanol–water partition coefficient (Wildman–Crippen LogP) is 3.71. The van der Waals surface area contributed by atoms with Crippen molar-refractivity contribution in [2.45, 2.75) is 44.9 Å². The average molecular weight is 336 g/mol. The van der Waals surface area contributed by atoms with Gasteiger partial charge in [0.1, 0.15) is 11.5 Å². The van der Waals surface area contributed by atoms with Crippen molar-refractivity contribution in [3.05, 3.63) is 53.4 Å². The van der Waals surface area contributed by atoms with Gasteiger partial charge in [-0.1, -0.05) is 0 Å². The van der Waals surface area contributed by atoms with Gasteiger partial charge in [0.25, 0.3) is 0 Å². The van der Waals surface area contributed by atoms with Crippen molar-refractivity contribution in [3.8, 4) is 0 Å². The Bertz CT molecular complexity index is 718. The Morgan fingerprint density at radius 3 is 2.58 bits per heavy atom. The van der Waals surface area contributed by atoms with Gasteiger partial charge in [0.15, 0.2) is 0 Å². The van der Waals surface area contributed by atoms with E-state index in [0.717, 1.165) is 31.0 Å². The molecule has 0 saturated carbocycles. The van der Waals surface area contributed by atoms with E-state index in [-0.39, 0.29) is 5.82 Å². The van der Waals surface area contributed by atoms with Gasteiger partial charge in [-0.15, -0.1) is 0 Å². The SMILES string of the molecule is Cc1cc(C(F)(F)F)nc([C@@]2(C)CCCN2Cc2ccncc2)n1. The van der Waals surface area contributed by atoms with Gasteiger partial charge in [0.05, 0.1) is 5.54 Å². The van der Waals surface area contributed by atoms with Gasteiger partial charge in [-0.25, -0.2) is 9.97 Å². The summed E-state index contributed by atoms with van der Waals surface area (Å²) >= 11 is 0. The Morgan fingerprint density at radius 1 is 1.21 bits per heavy atom. The lowest BCUT2D eigenvalue weighted by molar-refractivity contribution is -0.141. The smallest absolute Gasteiger partial charge is 0.287 e. The largest absolute Gasteiger partial charge is 0.433 e. The van der Waals surface area contributed by atoms with Gasteiger partial charge in [-0.05, 0) is 57.0 Å². The summed E-state index contributed by atoms with van der Waals surface area (Å²) in [6, 6.07) is 4.82. The van der Waals surface area contributed by atoms with Crippen molar-refractivity contribution in [2.24, 2.45) is 0 Å². The molecule has 2 aromatic rings. The molecule has 7 heteroatoms. The van der Waals surface area contributed by atoms with Crippen LogP contribution in [0.5, 0.6) is 0 Å². The molecule has 1 aliphatic rings. The molecule has 0 aliphatic carbocycles. The number of halogens is 3. The zero-order valence-electron chi connectivity index (χ0n) is 13.6. The van der Waals surface area contributed by atoms with Crippen LogP contribution in [-0.4, -0.2) is 26.4 Å². The minimum Gasteiger partial charge on any atom is -0.287 e. The fourth-order valence-electron chi connectivity index (χ4n) is 3.19. The lowest BCUT2D eigenvalue weighted by atomic mass is 9.96. The van der Waals surface area contributed by atoms with E-state index >= 15 is 0 Å². The summed E-state index contributed by atoms with van der Waals surface area (Å²) in [6.45, 7) is 4.94. The van der Waals surface area contributed by atoms with Gasteiger partial charge < -0.3 is 0 Å². The molecule has 1 aliphatic heterocycles. The molecule has 1 atom stereocenters. The molecule has 128 valence electrons. The van der Waals surface area contributed by atoms with Gasteiger partial charge >= 0.3 is 6.18 Å². The number of aromatic nitrogens is 3. The molecule has 1 saturated heterocycles. The highest BCUT2D eigenvalue weighted by molar-refractivity contribution is 5.19. The molecule has 0 aromatic carbocycles. The molecular formula is C17H19F3N4. The van der Waals surface area contributed by atoms with Crippen LogP contribution in [0.2, 0.25) is 0 Å². The minimum atomic E-state index is -4.46. The van der Waals surface area contributed by atoms with E-state index in [1.165, 1.54) is 0 Å². The topological polar surface area (TPSA) is 41.9 Å². The van der Waals surface area contributed by atoms with Gasteiger partial charge in [-0.2, -0.15) is 13.2 Å². The molecule has 0 bridgehead atoms. The van der Waals surface area contributed by atoms with Gasteiger partial charge in [0, 0.05) is 24.6 Å². The molecule has 0 amide bonds. The second-order valence-electron chi connectivity index (χ2n) is 6.37. The van der Waals surface area contributed by atoms with Crippen LogP contribution in [0, 0.1) is 6.92 Å². The first-order valence-electron chi connectivity index (χ1n) is 7.86. The van der Waals surface area contributed by atoms with Crippen LogP contribution < -0.4 is 0 Å². The number of nitrogens with zero attached hydrogens (tertiary/aromatic N) is 4. The highest BCUT2D eigenvalue weighted by Gasteiger charge is 2.42. The molecule has 24 heavy (non-hydrogen) atoms. The van der Waals surface area contributed by atoms with E-state index in [1.807, 2.05) is 19.1 Å². The molecule has 0 radical (unpaired) electrons. The maximum Gasteiger partial charge on any atom is 0.433 e. The van der Waals surface area contributed by atoms with E-state index < -0.39 is 17.4 Å². The Labute approximate surface area is 138 Å². The summed E-state index contributed by atoms with van der Waals surface area (Å²) in [4.78, 5) is 14.3. The van der Waals surface area contributed by atoms with Crippen molar-refractivity contribution in [2.75, 3.05) is 6.54 Å². The van der Waals surface area contributed by atoms with Crippen molar-refractivity contribution in [3.63, 3.8) is 0 Å². The van der Waals surface area contributed by atoms with Crippen LogP contribution in [0.15, 0.2) is 30.6 Å². The monoisotopic (exact) mass is 336 g/mol. The van der Waals surface area contributed by atoms with Crippen molar-refractivity contribution < 1.29 is 13.2 Å². The first-order valence-corrected chi connectivity index (χ1v) is 7.86. The fourth-order valence-corrected chi connectivity index (χ4v) is 3.19. The minimum absolute atomic E-state index is 0.251. The number of aryl methyl sites for hydroxylation is 1. The van der Waals surface area contributed by atoms with E-state index in [9.17, 15) is 13.2 Å². The van der Waals surface area contributed by atoms with Crippen LogP contribution in [0.3, 0.4) is 0 Å². The number of alkyl halides is 3. The Morgan fingerprint density at radius 2 is 1.92 bits per heavy atom. The Balaban J connectivity index is 1.95. The number of rotatable bonds is 3. The molecule has 0 N–H and O–H groups in total. The standard InChI is InChI=1S/C17H19F3N4/c1-12-10-14(17(18,19)20)23-15(22-12)16(2)6-3-9-24(16)11-13-4-7-21-8-5-13/h4-5,7-8,10H,3,6,9,11H2,1-2H3/t16-/m1/s1. The third-order valence-corrected chi connectivity index (χ3v) is 4.54. The summed E-state index contributed by atoms with van der Waals surface area (Å²) < 4.78 is 39.3. The highest BCUT2D eigenvalue weighted by atomic mass is 19.4. The zero-order valence-corrected chi connectivity index (χ0v) is 13.6. The van der Waals surface area contributed by atoms with Crippen LogP contribution in [0.1, 0.15) is 42.5 Å². The molecule has 3 heterocycles. The molecular weight excluding hydrogens is 317 g/mol. The zero-order chi connectivity index (χ0) is 17.4. The second-order valence-corrected chi connectivity index (χ2v) is 6.37. The Hall–Kier alpha value is -2.02. The van der Waals surface area contributed by atoms with Gasteiger partial charge in [-0.3, -0.25) is 9.88 Å². The number of pyridine rings is 1. The first kappa shape index (κ1) is 16.8. The maximum atomic E-state index is 13.1. The second kappa shape index (κ2) is 6.12. The molecule has 3 rings (SSSR count). The molecule has 2 aromatic heterocycles. The summed E-state index contributed by atoms with van der Waals surface area (Å²) in [6.07, 6.45) is 0.605. The summed E-state index contributed by atoms with van der Waals surface area (Å²) in [5, 5.41) is 0. The molecule has 1 fully saturated rings. The van der Waals surface area contributed by atoms with Crippen molar-refractivity contribution in [1.82, 2.24) is 19.9 Å². The number of likely N-dealkylation sites (tertiary alicyclic amines) is 1. The summed E-state index contributed by atoms with van der Waals surface area (Å²) in [5.41, 5.74) is -0.0666. The normalized spacial score (nSPS) is 22.0. The van der Waals surface area contributed by atoms with Crippen LogP contribution >= 0.6 is 0 Å². The first-order chi connectivity index (χ1) is 11.3. The van der Waals surface area contributed by atoms with Crippen LogP contribution in [-0.2, 0) is 18.3 Å². The molecule has 0 unspecified atom stereocenters. The Kier molecular flexibility index (Phi) is 4.29. The lowest BCUT2D eigenvalue weighted by Gasteiger charge is -2.34. The number of hydrogen-bond donors (Lipinski definition) is 0. The highest BCUT2D eigenvalue weighted by Crippen LogP contribution is 2.39. The third kappa shape index (κ3) is 3.26. The van der Waals surface area contributed by atoms with E-state index in [2.05, 4.69) is 19.9 Å². The van der Waals surface area contributed by atoms with Gasteiger partial charge in [0.2, 0.25) is 0 Å². The van der Waals surface area contributed by atoms with E-state index in [0.29, 0.717) is 12.2 Å². The van der Waals surface area contributed by atoms with Crippen molar-refractivity contribution in [1.29, 1.82) is 0 Å².